The van der Waals surface area contributed by atoms with Crippen LogP contribution in [0.3, 0.4) is 0 Å². The molecule has 0 bridgehead atoms. The van der Waals surface area contributed by atoms with Crippen molar-refractivity contribution in [2.24, 2.45) is 5.41 Å². The van der Waals surface area contributed by atoms with Gasteiger partial charge in [-0.15, -0.1) is 0 Å². The molecule has 1 amide bonds. The normalized spacial score (nSPS) is 14.3. The van der Waals surface area contributed by atoms with Crippen molar-refractivity contribution >= 4 is 11.9 Å². The van der Waals surface area contributed by atoms with Gasteiger partial charge in [0.25, 0.3) is 5.91 Å². The van der Waals surface area contributed by atoms with Crippen molar-refractivity contribution in [1.82, 2.24) is 4.90 Å². The molecule has 27 heavy (non-hydrogen) atoms. The minimum absolute atomic E-state index is 0.00121. The minimum atomic E-state index is -0.823. The van der Waals surface area contributed by atoms with Crippen molar-refractivity contribution in [1.29, 1.82) is 0 Å². The lowest BCUT2D eigenvalue weighted by molar-refractivity contribution is -0.222. The van der Waals surface area contributed by atoms with Gasteiger partial charge < -0.3 is 4.90 Å². The summed E-state index contributed by atoms with van der Waals surface area (Å²) in [6, 6.07) is 18.1. The van der Waals surface area contributed by atoms with Gasteiger partial charge in [-0.3, -0.25) is 9.68 Å². The molecule has 1 heterocycles. The lowest BCUT2D eigenvalue weighted by Gasteiger charge is -2.32. The second kappa shape index (κ2) is 8.08. The molecule has 0 atom stereocenters. The fraction of sp³-hybridized carbons (Fsp3) is 0.273. The number of hydrogen-bond donors (Lipinski definition) is 0. The Kier molecular flexibility index (Phi) is 5.60. The van der Waals surface area contributed by atoms with Crippen LogP contribution < -0.4 is 4.89 Å². The van der Waals surface area contributed by atoms with E-state index >= 15 is 0 Å². The van der Waals surface area contributed by atoms with E-state index in [1.807, 2.05) is 56.3 Å². The first kappa shape index (κ1) is 18.7. The van der Waals surface area contributed by atoms with E-state index < -0.39 is 11.4 Å². The molecule has 0 unspecified atom stereocenters. The van der Waals surface area contributed by atoms with Crippen molar-refractivity contribution in [3.05, 3.63) is 77.9 Å². The Morgan fingerprint density at radius 3 is 2.19 bits per heavy atom. The van der Waals surface area contributed by atoms with Gasteiger partial charge in [0.15, 0.2) is 5.75 Å². The Balaban J connectivity index is 1.61. The zero-order valence-electron chi connectivity index (χ0n) is 15.6. The van der Waals surface area contributed by atoms with Crippen LogP contribution in [0.25, 0.3) is 0 Å². The molecule has 5 nitrogen and oxygen atoms in total. The van der Waals surface area contributed by atoms with Crippen LogP contribution in [0.2, 0.25) is 0 Å². The van der Waals surface area contributed by atoms with E-state index in [1.54, 1.807) is 29.2 Å². The van der Waals surface area contributed by atoms with Gasteiger partial charge in [0.1, 0.15) is 0 Å². The first-order valence-electron chi connectivity index (χ1n) is 8.96. The number of benzene rings is 2. The van der Waals surface area contributed by atoms with Gasteiger partial charge in [-0.05, 0) is 44.5 Å². The highest BCUT2D eigenvalue weighted by molar-refractivity contribution is 5.94. The summed E-state index contributed by atoms with van der Waals surface area (Å²) < 4.78 is 0. The quantitative estimate of drug-likeness (QED) is 0.456. The standard InChI is InChI=1S/C22H23NO4/c1-22(2,21(25)27-26-19-11-7-4-8-12-19)18-13-15-23(16-14-18)20(24)17-9-5-3-6-10-17/h3-13H,14-16H2,1-2H3. The summed E-state index contributed by atoms with van der Waals surface area (Å²) in [5.41, 5.74) is 0.794. The zero-order chi connectivity index (χ0) is 19.3. The third kappa shape index (κ3) is 4.37. The predicted molar refractivity (Wildman–Crippen MR) is 102 cm³/mol. The van der Waals surface area contributed by atoms with Crippen molar-refractivity contribution in [2.45, 2.75) is 20.3 Å². The summed E-state index contributed by atoms with van der Waals surface area (Å²) >= 11 is 0. The van der Waals surface area contributed by atoms with Crippen LogP contribution in [-0.4, -0.2) is 29.9 Å². The second-order valence-corrected chi connectivity index (χ2v) is 6.99. The highest BCUT2D eigenvalue weighted by Crippen LogP contribution is 2.33. The Bertz CT molecular complexity index is 828. The van der Waals surface area contributed by atoms with Gasteiger partial charge in [0, 0.05) is 18.7 Å². The highest BCUT2D eigenvalue weighted by Gasteiger charge is 2.36. The van der Waals surface area contributed by atoms with Gasteiger partial charge in [-0.1, -0.05) is 48.0 Å². The van der Waals surface area contributed by atoms with Crippen LogP contribution in [0.1, 0.15) is 30.6 Å². The Morgan fingerprint density at radius 2 is 1.59 bits per heavy atom. The third-order valence-corrected chi connectivity index (χ3v) is 4.79. The monoisotopic (exact) mass is 365 g/mol. The Labute approximate surface area is 159 Å². The van der Waals surface area contributed by atoms with Gasteiger partial charge in [-0.2, -0.15) is 0 Å². The number of rotatable bonds is 5. The lowest BCUT2D eigenvalue weighted by atomic mass is 9.81. The van der Waals surface area contributed by atoms with Gasteiger partial charge >= 0.3 is 5.97 Å². The van der Waals surface area contributed by atoms with E-state index in [0.29, 0.717) is 30.8 Å². The number of amides is 1. The Morgan fingerprint density at radius 1 is 0.963 bits per heavy atom. The molecule has 1 aliphatic rings. The fourth-order valence-electron chi connectivity index (χ4n) is 2.98. The number of carbonyl (C=O) groups excluding carboxylic acids is 2. The molecule has 2 aromatic rings. The molecule has 0 aliphatic carbocycles. The predicted octanol–water partition coefficient (Wildman–Crippen LogP) is 4.02. The van der Waals surface area contributed by atoms with Crippen LogP contribution in [0.5, 0.6) is 5.75 Å². The average Bonchev–Trinajstić information content (AvgIpc) is 2.73. The molecular formula is C22H23NO4. The molecule has 0 saturated heterocycles. The molecule has 0 saturated carbocycles. The molecule has 140 valence electrons. The maximum atomic E-state index is 12.5. The molecule has 0 radical (unpaired) electrons. The third-order valence-electron chi connectivity index (χ3n) is 4.79. The van der Waals surface area contributed by atoms with Crippen LogP contribution in [0.15, 0.2) is 72.3 Å². The second-order valence-electron chi connectivity index (χ2n) is 6.99. The van der Waals surface area contributed by atoms with Crippen LogP contribution >= 0.6 is 0 Å². The van der Waals surface area contributed by atoms with E-state index in [4.69, 9.17) is 9.78 Å². The number of nitrogens with zero attached hydrogens (tertiary/aromatic N) is 1. The minimum Gasteiger partial charge on any atom is -0.335 e. The number of carbonyl (C=O) groups is 2. The summed E-state index contributed by atoms with van der Waals surface area (Å²) in [7, 11) is 0. The average molecular weight is 365 g/mol. The highest BCUT2D eigenvalue weighted by atomic mass is 17.2. The molecule has 5 heteroatoms. The lowest BCUT2D eigenvalue weighted by Crippen LogP contribution is -2.39. The topological polar surface area (TPSA) is 55.8 Å². The SMILES string of the molecule is CC(C)(C(=O)OOc1ccccc1)C1=CCN(C(=O)c2ccccc2)CC1. The van der Waals surface area contributed by atoms with Crippen molar-refractivity contribution in [3.8, 4) is 5.75 Å². The van der Waals surface area contributed by atoms with Crippen molar-refractivity contribution in [3.63, 3.8) is 0 Å². The maximum absolute atomic E-state index is 12.5. The van der Waals surface area contributed by atoms with Crippen LogP contribution in [0.4, 0.5) is 0 Å². The Hall–Kier alpha value is -3.08. The molecule has 3 rings (SSSR count). The maximum Gasteiger partial charge on any atom is 0.364 e. The first-order chi connectivity index (χ1) is 13.0. The molecule has 1 aliphatic heterocycles. The first-order valence-corrected chi connectivity index (χ1v) is 8.96. The van der Waals surface area contributed by atoms with Gasteiger partial charge in [0.2, 0.25) is 0 Å². The molecule has 0 spiro atoms. The zero-order valence-corrected chi connectivity index (χ0v) is 15.6. The van der Waals surface area contributed by atoms with Crippen LogP contribution in [-0.2, 0) is 9.68 Å². The summed E-state index contributed by atoms with van der Waals surface area (Å²) in [5, 5.41) is 0. The summed E-state index contributed by atoms with van der Waals surface area (Å²) in [6.45, 7) is 4.66. The molecule has 0 N–H and O–H groups in total. The van der Waals surface area contributed by atoms with E-state index in [1.165, 1.54) is 0 Å². The molecule has 0 fully saturated rings. The van der Waals surface area contributed by atoms with Gasteiger partial charge in [-0.25, -0.2) is 9.68 Å². The summed E-state index contributed by atoms with van der Waals surface area (Å²) in [6.07, 6.45) is 2.56. The molecule has 2 aromatic carbocycles. The van der Waals surface area contributed by atoms with Gasteiger partial charge in [0.05, 0.1) is 5.41 Å². The number of para-hydroxylation sites is 1. The largest absolute Gasteiger partial charge is 0.364 e. The summed E-state index contributed by atoms with van der Waals surface area (Å²) in [4.78, 5) is 37.0. The fourth-order valence-corrected chi connectivity index (χ4v) is 2.98. The molecule has 0 aromatic heterocycles. The van der Waals surface area contributed by atoms with Crippen molar-refractivity contribution < 1.29 is 19.4 Å². The smallest absolute Gasteiger partial charge is 0.335 e. The van der Waals surface area contributed by atoms with E-state index in [2.05, 4.69) is 0 Å². The van der Waals surface area contributed by atoms with E-state index in [-0.39, 0.29) is 5.91 Å². The number of hydrogen-bond acceptors (Lipinski definition) is 4. The van der Waals surface area contributed by atoms with E-state index in [0.717, 1.165) is 5.57 Å². The van der Waals surface area contributed by atoms with Crippen molar-refractivity contribution in [2.75, 3.05) is 13.1 Å². The van der Waals surface area contributed by atoms with Crippen LogP contribution in [0, 0.1) is 5.41 Å². The van der Waals surface area contributed by atoms with E-state index in [9.17, 15) is 9.59 Å². The molecular weight excluding hydrogens is 342 g/mol. The summed E-state index contributed by atoms with van der Waals surface area (Å²) in [5.74, 6) is 0.0121.